The van der Waals surface area contributed by atoms with Gasteiger partial charge in [-0.1, -0.05) is 18.2 Å². The largest absolute Gasteiger partial charge is 0.299 e. The second-order valence-electron chi connectivity index (χ2n) is 4.30. The standard InChI is InChI=1S/C12H18N2O2S/c1-13-17(15,16)12-7-3-2-6-11(12)10-14-8-4-5-9-14/h2-3,6-7,13H,4-5,8-10H2,1H3. The van der Waals surface area contributed by atoms with E-state index < -0.39 is 10.0 Å². The fraction of sp³-hybridized carbons (Fsp3) is 0.500. The van der Waals surface area contributed by atoms with E-state index >= 15 is 0 Å². The second kappa shape index (κ2) is 5.16. The van der Waals surface area contributed by atoms with Crippen LogP contribution in [0.25, 0.3) is 0 Å². The number of hydrogen-bond acceptors (Lipinski definition) is 3. The van der Waals surface area contributed by atoms with Crippen molar-refractivity contribution < 1.29 is 8.42 Å². The molecule has 0 atom stereocenters. The van der Waals surface area contributed by atoms with Crippen LogP contribution >= 0.6 is 0 Å². The summed E-state index contributed by atoms with van der Waals surface area (Å²) in [5.41, 5.74) is 0.878. The topological polar surface area (TPSA) is 49.4 Å². The minimum atomic E-state index is -3.35. The van der Waals surface area contributed by atoms with Crippen LogP contribution in [0, 0.1) is 0 Å². The molecule has 17 heavy (non-hydrogen) atoms. The molecule has 2 rings (SSSR count). The molecule has 1 aliphatic rings. The molecule has 0 amide bonds. The summed E-state index contributed by atoms with van der Waals surface area (Å²) in [6.07, 6.45) is 2.42. The van der Waals surface area contributed by atoms with E-state index in [9.17, 15) is 8.42 Å². The van der Waals surface area contributed by atoms with E-state index in [0.717, 1.165) is 25.2 Å². The van der Waals surface area contributed by atoms with Gasteiger partial charge < -0.3 is 0 Å². The van der Waals surface area contributed by atoms with Crippen LogP contribution in [0.15, 0.2) is 29.2 Å². The lowest BCUT2D eigenvalue weighted by molar-refractivity contribution is 0.328. The number of nitrogens with zero attached hydrogens (tertiary/aromatic N) is 1. The van der Waals surface area contributed by atoms with E-state index in [0.29, 0.717) is 4.90 Å². The van der Waals surface area contributed by atoms with Crippen LogP contribution in [0.5, 0.6) is 0 Å². The second-order valence-corrected chi connectivity index (χ2v) is 6.15. The molecular formula is C12H18N2O2S. The monoisotopic (exact) mass is 254 g/mol. The molecule has 1 fully saturated rings. The van der Waals surface area contributed by atoms with Gasteiger partial charge in [-0.3, -0.25) is 4.90 Å². The maximum absolute atomic E-state index is 11.9. The van der Waals surface area contributed by atoms with Crippen molar-refractivity contribution in [2.75, 3.05) is 20.1 Å². The summed E-state index contributed by atoms with van der Waals surface area (Å²) in [6, 6.07) is 7.21. The van der Waals surface area contributed by atoms with E-state index in [2.05, 4.69) is 9.62 Å². The van der Waals surface area contributed by atoms with Crippen LogP contribution < -0.4 is 4.72 Å². The Morgan fingerprint density at radius 2 is 1.88 bits per heavy atom. The molecule has 0 aliphatic carbocycles. The first-order chi connectivity index (χ1) is 8.13. The predicted molar refractivity (Wildman–Crippen MR) is 67.2 cm³/mol. The molecular weight excluding hydrogens is 236 g/mol. The molecule has 0 bridgehead atoms. The van der Waals surface area contributed by atoms with E-state index in [1.54, 1.807) is 12.1 Å². The molecule has 1 N–H and O–H groups in total. The summed E-state index contributed by atoms with van der Waals surface area (Å²) in [5.74, 6) is 0. The number of likely N-dealkylation sites (tertiary alicyclic amines) is 1. The molecule has 0 saturated carbocycles. The first kappa shape index (κ1) is 12.5. The molecule has 0 aromatic heterocycles. The molecule has 4 nitrogen and oxygen atoms in total. The molecule has 0 spiro atoms. The molecule has 1 aliphatic heterocycles. The smallest absolute Gasteiger partial charge is 0.240 e. The molecule has 1 aromatic carbocycles. The molecule has 1 aromatic rings. The van der Waals surface area contributed by atoms with Crippen molar-refractivity contribution in [2.24, 2.45) is 0 Å². The van der Waals surface area contributed by atoms with Crippen molar-refractivity contribution in [3.63, 3.8) is 0 Å². The number of nitrogens with one attached hydrogen (secondary N) is 1. The summed E-state index contributed by atoms with van der Waals surface area (Å²) >= 11 is 0. The Hall–Kier alpha value is -0.910. The minimum absolute atomic E-state index is 0.398. The highest BCUT2D eigenvalue weighted by molar-refractivity contribution is 7.89. The SMILES string of the molecule is CNS(=O)(=O)c1ccccc1CN1CCCC1. The van der Waals surface area contributed by atoms with Crippen molar-refractivity contribution in [3.05, 3.63) is 29.8 Å². The molecule has 1 saturated heterocycles. The molecule has 1 heterocycles. The Balaban J connectivity index is 2.27. The van der Waals surface area contributed by atoms with Crippen molar-refractivity contribution >= 4 is 10.0 Å². The summed E-state index contributed by atoms with van der Waals surface area (Å²) in [6.45, 7) is 2.85. The first-order valence-corrected chi connectivity index (χ1v) is 7.35. The van der Waals surface area contributed by atoms with Gasteiger partial charge in [-0.05, 0) is 44.6 Å². The Morgan fingerprint density at radius 1 is 1.24 bits per heavy atom. The van der Waals surface area contributed by atoms with Gasteiger partial charge in [0.15, 0.2) is 0 Å². The highest BCUT2D eigenvalue weighted by Crippen LogP contribution is 2.19. The van der Waals surface area contributed by atoms with Crippen LogP contribution in [0.4, 0.5) is 0 Å². The van der Waals surface area contributed by atoms with Crippen LogP contribution in [0.1, 0.15) is 18.4 Å². The van der Waals surface area contributed by atoms with Crippen LogP contribution in [-0.4, -0.2) is 33.5 Å². The van der Waals surface area contributed by atoms with Crippen LogP contribution in [-0.2, 0) is 16.6 Å². The fourth-order valence-electron chi connectivity index (χ4n) is 2.19. The lowest BCUT2D eigenvalue weighted by Crippen LogP contribution is -2.24. The maximum atomic E-state index is 11.9. The predicted octanol–water partition coefficient (Wildman–Crippen LogP) is 1.19. The number of hydrogen-bond donors (Lipinski definition) is 1. The van der Waals surface area contributed by atoms with Crippen LogP contribution in [0.2, 0.25) is 0 Å². The summed E-state index contributed by atoms with van der Waals surface area (Å²) in [7, 11) is -1.90. The Bertz CT molecular complexity index is 479. The van der Waals surface area contributed by atoms with Gasteiger partial charge in [-0.2, -0.15) is 0 Å². The molecule has 5 heteroatoms. The maximum Gasteiger partial charge on any atom is 0.240 e. The highest BCUT2D eigenvalue weighted by atomic mass is 32.2. The Kier molecular flexibility index (Phi) is 3.81. The van der Waals surface area contributed by atoms with E-state index in [1.807, 2.05) is 12.1 Å². The third-order valence-corrected chi connectivity index (χ3v) is 4.64. The normalized spacial score (nSPS) is 17.5. The van der Waals surface area contributed by atoms with Gasteiger partial charge in [0.2, 0.25) is 10.0 Å². The summed E-state index contributed by atoms with van der Waals surface area (Å²) < 4.78 is 26.1. The van der Waals surface area contributed by atoms with Gasteiger partial charge in [-0.15, -0.1) is 0 Å². The van der Waals surface area contributed by atoms with Gasteiger partial charge in [0, 0.05) is 6.54 Å². The number of rotatable bonds is 4. The molecule has 94 valence electrons. The van der Waals surface area contributed by atoms with Crippen molar-refractivity contribution in [3.8, 4) is 0 Å². The van der Waals surface area contributed by atoms with Gasteiger partial charge in [0.25, 0.3) is 0 Å². The van der Waals surface area contributed by atoms with Gasteiger partial charge in [0.1, 0.15) is 0 Å². The quantitative estimate of drug-likeness (QED) is 0.878. The summed E-state index contributed by atoms with van der Waals surface area (Å²) in [4.78, 5) is 2.69. The van der Waals surface area contributed by atoms with Crippen LogP contribution in [0.3, 0.4) is 0 Å². The van der Waals surface area contributed by atoms with Crippen molar-refractivity contribution in [1.82, 2.24) is 9.62 Å². The Labute approximate surface area is 103 Å². The lowest BCUT2D eigenvalue weighted by Gasteiger charge is -2.17. The number of sulfonamides is 1. The number of benzene rings is 1. The zero-order valence-electron chi connectivity index (χ0n) is 10.0. The van der Waals surface area contributed by atoms with E-state index in [4.69, 9.17) is 0 Å². The van der Waals surface area contributed by atoms with Crippen molar-refractivity contribution in [2.45, 2.75) is 24.3 Å². The third-order valence-electron chi connectivity index (χ3n) is 3.12. The van der Waals surface area contributed by atoms with E-state index in [1.165, 1.54) is 19.9 Å². The fourth-order valence-corrected chi connectivity index (χ4v) is 3.14. The highest BCUT2D eigenvalue weighted by Gasteiger charge is 2.19. The first-order valence-electron chi connectivity index (χ1n) is 5.87. The third kappa shape index (κ3) is 2.86. The average molecular weight is 254 g/mol. The minimum Gasteiger partial charge on any atom is -0.299 e. The average Bonchev–Trinajstić information content (AvgIpc) is 2.82. The zero-order chi connectivity index (χ0) is 12.3. The lowest BCUT2D eigenvalue weighted by atomic mass is 10.2. The zero-order valence-corrected chi connectivity index (χ0v) is 10.8. The van der Waals surface area contributed by atoms with Gasteiger partial charge >= 0.3 is 0 Å². The molecule has 0 radical (unpaired) electrons. The molecule has 0 unspecified atom stereocenters. The van der Waals surface area contributed by atoms with Gasteiger partial charge in [-0.25, -0.2) is 13.1 Å². The van der Waals surface area contributed by atoms with Crippen molar-refractivity contribution in [1.29, 1.82) is 0 Å². The van der Waals surface area contributed by atoms with E-state index in [-0.39, 0.29) is 0 Å². The summed E-state index contributed by atoms with van der Waals surface area (Å²) in [5, 5.41) is 0. The van der Waals surface area contributed by atoms with Gasteiger partial charge in [0.05, 0.1) is 4.90 Å². The Morgan fingerprint density at radius 3 is 2.53 bits per heavy atom.